The molecule has 0 unspecified atom stereocenters. The number of nitrogens with zero attached hydrogens (tertiary/aromatic N) is 3. The Bertz CT molecular complexity index is 397. The van der Waals surface area contributed by atoms with E-state index >= 15 is 0 Å². The van der Waals surface area contributed by atoms with Crippen molar-refractivity contribution >= 4 is 39.2 Å². The molecule has 7 heteroatoms. The second kappa shape index (κ2) is 4.56. The zero-order valence-electron chi connectivity index (χ0n) is 6.89. The van der Waals surface area contributed by atoms with Crippen LogP contribution in [0.4, 0.5) is 0 Å². The molecule has 0 radical (unpaired) electrons. The largest absolute Gasteiger partial charge is 0.317 e. The van der Waals surface area contributed by atoms with Gasteiger partial charge in [0, 0.05) is 18.9 Å². The lowest BCUT2D eigenvalue weighted by Crippen LogP contribution is -2.21. The number of aromatic nitrogens is 2. The van der Waals surface area contributed by atoms with Gasteiger partial charge in [0.25, 0.3) is 0 Å². The Morgan fingerprint density at radius 3 is 2.92 bits per heavy atom. The van der Waals surface area contributed by atoms with E-state index in [1.807, 2.05) is 23.8 Å². The molecule has 0 aliphatic rings. The van der Waals surface area contributed by atoms with Crippen LogP contribution in [0.1, 0.15) is 6.92 Å². The fourth-order valence-electron chi connectivity index (χ4n) is 0.827. The maximum Gasteiger partial charge on any atom is 0.231 e. The maximum absolute atomic E-state index is 5.67. The summed E-state index contributed by atoms with van der Waals surface area (Å²) in [4.78, 5) is 1.42. The van der Waals surface area contributed by atoms with Crippen molar-refractivity contribution in [2.75, 3.05) is 0 Å². The highest BCUT2D eigenvalue weighted by Gasteiger charge is 2.04. The topological polar surface area (TPSA) is 30.2 Å². The zero-order chi connectivity index (χ0) is 9.90. The van der Waals surface area contributed by atoms with Crippen LogP contribution in [0.2, 0.25) is 0 Å². The minimum atomic E-state index is -2.61. The smallest absolute Gasteiger partial charge is 0.231 e. The van der Waals surface area contributed by atoms with Gasteiger partial charge in [-0.1, -0.05) is 0 Å². The predicted octanol–water partition coefficient (Wildman–Crippen LogP) is 2.51. The van der Waals surface area contributed by atoms with E-state index in [4.69, 9.17) is 34.3 Å². The van der Waals surface area contributed by atoms with Crippen molar-refractivity contribution in [3.05, 3.63) is 24.1 Å². The molecule has 0 N–H and O–H groups in total. The highest BCUT2D eigenvalue weighted by Crippen LogP contribution is 2.57. The lowest BCUT2D eigenvalue weighted by atomic mass is 10.6. The Morgan fingerprint density at radius 1 is 1.69 bits per heavy atom. The molecule has 0 aliphatic carbocycles. The van der Waals surface area contributed by atoms with Gasteiger partial charge in [-0.2, -0.15) is 4.76 Å². The van der Waals surface area contributed by atoms with Crippen molar-refractivity contribution in [3.63, 3.8) is 0 Å². The lowest BCUT2D eigenvalue weighted by Gasteiger charge is -2.02. The summed E-state index contributed by atoms with van der Waals surface area (Å²) in [6.07, 6.45) is 3.48. The highest BCUT2D eigenvalue weighted by atomic mass is 35.9. The van der Waals surface area contributed by atoms with Crippen LogP contribution >= 0.6 is 27.4 Å². The first-order valence-corrected chi connectivity index (χ1v) is 8.16. The molecule has 0 atom stereocenters. The highest BCUT2D eigenvalue weighted by molar-refractivity contribution is 8.38. The monoisotopic (exact) mass is 255 g/mol. The summed E-state index contributed by atoms with van der Waals surface area (Å²) in [6, 6.07) is 1.81. The van der Waals surface area contributed by atoms with Gasteiger partial charge in [0.15, 0.2) is 0 Å². The van der Waals surface area contributed by atoms with Gasteiger partial charge in [-0.25, -0.2) is 4.98 Å². The summed E-state index contributed by atoms with van der Waals surface area (Å²) >= 11 is 16.1. The Balaban J connectivity index is 3.29. The van der Waals surface area contributed by atoms with Gasteiger partial charge in [0.1, 0.15) is 0 Å². The lowest BCUT2D eigenvalue weighted by molar-refractivity contribution is 0.686. The van der Waals surface area contributed by atoms with Crippen molar-refractivity contribution in [2.24, 2.45) is 4.76 Å². The number of rotatable bonds is 2. The van der Waals surface area contributed by atoms with Crippen LogP contribution < -0.4 is 5.62 Å². The van der Waals surface area contributed by atoms with Gasteiger partial charge < -0.3 is 4.57 Å². The van der Waals surface area contributed by atoms with Crippen LogP contribution in [0.25, 0.3) is 0 Å². The summed E-state index contributed by atoms with van der Waals surface area (Å²) in [6.45, 7) is 2.74. The zero-order valence-corrected chi connectivity index (χ0v) is 10.1. The fourth-order valence-corrected chi connectivity index (χ4v) is 1.83. The molecular weight excluding hydrogens is 248 g/mol. The SMILES string of the molecule is CCn1cccn/c1=N\P(=S)(Cl)Cl. The van der Waals surface area contributed by atoms with Crippen LogP contribution in [-0.2, 0) is 18.4 Å². The van der Waals surface area contributed by atoms with Gasteiger partial charge >= 0.3 is 0 Å². The molecule has 0 amide bonds. The van der Waals surface area contributed by atoms with Crippen molar-refractivity contribution < 1.29 is 0 Å². The number of hydrogen-bond donors (Lipinski definition) is 0. The van der Waals surface area contributed by atoms with Gasteiger partial charge in [-0.05, 0) is 47.3 Å². The molecule has 0 spiro atoms. The van der Waals surface area contributed by atoms with E-state index in [1.165, 1.54) is 0 Å². The van der Waals surface area contributed by atoms with E-state index in [2.05, 4.69) is 9.75 Å². The number of aryl methyl sites for hydroxylation is 1. The first kappa shape index (κ1) is 11.2. The molecule has 72 valence electrons. The summed E-state index contributed by atoms with van der Waals surface area (Å²) in [5.74, 6) is 0. The number of halogens is 2. The predicted molar refractivity (Wildman–Crippen MR) is 59.5 cm³/mol. The van der Waals surface area contributed by atoms with Crippen LogP contribution in [-0.4, -0.2) is 9.55 Å². The Hall–Kier alpha value is 0.110. The second-order valence-corrected chi connectivity index (χ2v) is 9.55. The molecule has 0 bridgehead atoms. The molecule has 0 saturated heterocycles. The third-order valence-corrected chi connectivity index (χ3v) is 2.46. The summed E-state index contributed by atoms with van der Waals surface area (Å²) in [5, 5.41) is 0. The van der Waals surface area contributed by atoms with Crippen LogP contribution in [0.5, 0.6) is 0 Å². The molecule has 1 aromatic heterocycles. The molecule has 0 aromatic carbocycles. The van der Waals surface area contributed by atoms with E-state index in [-0.39, 0.29) is 0 Å². The molecule has 13 heavy (non-hydrogen) atoms. The first-order chi connectivity index (χ1) is 6.03. The van der Waals surface area contributed by atoms with Gasteiger partial charge in [0.2, 0.25) is 10.5 Å². The first-order valence-electron chi connectivity index (χ1n) is 3.60. The van der Waals surface area contributed by atoms with E-state index in [9.17, 15) is 0 Å². The van der Waals surface area contributed by atoms with Crippen LogP contribution in [0.15, 0.2) is 23.2 Å². The average Bonchev–Trinajstić information content (AvgIpc) is 2.02. The molecular formula is C6H8Cl2N3PS. The standard InChI is InChI=1S/C6H8Cl2N3PS/c1-2-11-5-3-4-9-6(11)10-12(7,8)13/h3-5H,2H2,1H3/b10-6+. The normalized spacial score (nSPS) is 13.3. The summed E-state index contributed by atoms with van der Waals surface area (Å²) in [5.41, 5.74) is 0.485. The van der Waals surface area contributed by atoms with E-state index < -0.39 is 4.89 Å². The second-order valence-electron chi connectivity index (χ2n) is 2.24. The molecule has 1 heterocycles. The summed E-state index contributed by atoms with van der Waals surface area (Å²) < 4.78 is 5.80. The minimum Gasteiger partial charge on any atom is -0.317 e. The van der Waals surface area contributed by atoms with Crippen LogP contribution in [0.3, 0.4) is 0 Å². The average molecular weight is 256 g/mol. The van der Waals surface area contributed by atoms with Crippen LogP contribution in [0, 0.1) is 0 Å². The summed E-state index contributed by atoms with van der Waals surface area (Å²) in [7, 11) is 0. The quantitative estimate of drug-likeness (QED) is 0.761. The molecule has 0 aliphatic heterocycles. The van der Waals surface area contributed by atoms with Crippen molar-refractivity contribution in [1.29, 1.82) is 0 Å². The van der Waals surface area contributed by atoms with Crippen molar-refractivity contribution in [1.82, 2.24) is 9.55 Å². The Labute approximate surface area is 91.1 Å². The molecule has 3 nitrogen and oxygen atoms in total. The minimum absolute atomic E-state index is 0.485. The van der Waals surface area contributed by atoms with Crippen molar-refractivity contribution in [3.8, 4) is 0 Å². The van der Waals surface area contributed by atoms with E-state index in [0.717, 1.165) is 6.54 Å². The molecule has 1 rings (SSSR count). The maximum atomic E-state index is 5.67. The van der Waals surface area contributed by atoms with Crippen molar-refractivity contribution in [2.45, 2.75) is 13.5 Å². The molecule has 1 aromatic rings. The molecule has 0 saturated carbocycles. The van der Waals surface area contributed by atoms with E-state index in [0.29, 0.717) is 5.62 Å². The third kappa shape index (κ3) is 3.77. The molecule has 0 fully saturated rings. The third-order valence-electron chi connectivity index (χ3n) is 1.35. The Kier molecular flexibility index (Phi) is 3.92. The van der Waals surface area contributed by atoms with Gasteiger partial charge in [-0.3, -0.25) is 0 Å². The van der Waals surface area contributed by atoms with Gasteiger partial charge in [0.05, 0.1) is 0 Å². The fraction of sp³-hybridized carbons (Fsp3) is 0.333. The van der Waals surface area contributed by atoms with E-state index in [1.54, 1.807) is 6.20 Å². The number of hydrogen-bond acceptors (Lipinski definition) is 2. The Morgan fingerprint density at radius 2 is 2.38 bits per heavy atom. The van der Waals surface area contributed by atoms with Gasteiger partial charge in [-0.15, -0.1) is 0 Å².